The minimum absolute atomic E-state index is 0.337. The number of nitrogens with one attached hydrogen (secondary N) is 2. The van der Waals surface area contributed by atoms with Crippen LogP contribution in [0.4, 0.5) is 21.7 Å². The second kappa shape index (κ2) is 5.69. The van der Waals surface area contributed by atoms with Crippen LogP contribution in [0.15, 0.2) is 41.3 Å². The lowest BCUT2D eigenvalue weighted by molar-refractivity contribution is 0.631. The van der Waals surface area contributed by atoms with Crippen LogP contribution in [0.1, 0.15) is 6.92 Å². The first kappa shape index (κ1) is 13.8. The van der Waals surface area contributed by atoms with Crippen molar-refractivity contribution in [2.75, 3.05) is 17.2 Å². The highest BCUT2D eigenvalue weighted by molar-refractivity contribution is 9.10. The highest BCUT2D eigenvalue weighted by Gasteiger charge is 2.12. The van der Waals surface area contributed by atoms with E-state index in [1.54, 1.807) is 18.3 Å². The van der Waals surface area contributed by atoms with Crippen molar-refractivity contribution in [2.45, 2.75) is 6.92 Å². The molecule has 0 fully saturated rings. The summed E-state index contributed by atoms with van der Waals surface area (Å²) in [7, 11) is 0. The minimum Gasteiger partial charge on any atom is -0.369 e. The van der Waals surface area contributed by atoms with Gasteiger partial charge in [-0.25, -0.2) is 14.4 Å². The van der Waals surface area contributed by atoms with E-state index in [0.717, 1.165) is 6.54 Å². The molecule has 0 saturated carbocycles. The second-order valence-electron chi connectivity index (χ2n) is 4.38. The first-order valence-electron chi connectivity index (χ1n) is 6.47. The molecule has 0 aliphatic rings. The highest BCUT2D eigenvalue weighted by atomic mass is 79.9. The average Bonchev–Trinajstić information content (AvgIpc) is 2.92. The zero-order valence-electron chi connectivity index (χ0n) is 11.3. The zero-order valence-corrected chi connectivity index (χ0v) is 12.9. The molecule has 5 nitrogen and oxygen atoms in total. The summed E-state index contributed by atoms with van der Waals surface area (Å²) in [6.07, 6.45) is 5.33. The molecule has 0 spiro atoms. The molecule has 7 heteroatoms. The molecule has 2 heterocycles. The summed E-state index contributed by atoms with van der Waals surface area (Å²) in [5, 5.41) is 6.15. The molecule has 0 aliphatic heterocycles. The molecule has 0 unspecified atom stereocenters. The average molecular weight is 350 g/mol. The largest absolute Gasteiger partial charge is 0.369 e. The van der Waals surface area contributed by atoms with Crippen LogP contribution in [0.25, 0.3) is 5.65 Å². The van der Waals surface area contributed by atoms with Crippen molar-refractivity contribution in [2.24, 2.45) is 0 Å². The van der Waals surface area contributed by atoms with E-state index in [0.29, 0.717) is 27.4 Å². The summed E-state index contributed by atoms with van der Waals surface area (Å²) in [5.74, 6) is 0.826. The predicted molar refractivity (Wildman–Crippen MR) is 84.5 cm³/mol. The van der Waals surface area contributed by atoms with Crippen LogP contribution in [0.2, 0.25) is 0 Å². The number of benzene rings is 1. The fraction of sp³-hybridized carbons (Fsp3) is 0.143. The van der Waals surface area contributed by atoms with Crippen molar-refractivity contribution in [1.29, 1.82) is 0 Å². The molecular weight excluding hydrogens is 337 g/mol. The molecule has 0 amide bonds. The standard InChI is InChI=1S/C14H13BrFN5/c1-2-17-11-8-21-7-6-18-14(21)13(19-11)20-12-9(15)4-3-5-10(12)16/h3-8,17H,2H2,1H3,(H,19,20). The number of rotatable bonds is 4. The van der Waals surface area contributed by atoms with Crippen LogP contribution in [-0.4, -0.2) is 20.9 Å². The molecule has 2 aromatic heterocycles. The molecule has 1 aromatic carbocycles. The van der Waals surface area contributed by atoms with Gasteiger partial charge in [0, 0.05) is 23.4 Å². The molecule has 2 N–H and O–H groups in total. The van der Waals surface area contributed by atoms with E-state index >= 15 is 0 Å². The number of para-hydroxylation sites is 1. The van der Waals surface area contributed by atoms with Crippen LogP contribution in [0, 0.1) is 5.82 Å². The first-order chi connectivity index (χ1) is 10.2. The van der Waals surface area contributed by atoms with E-state index < -0.39 is 0 Å². The van der Waals surface area contributed by atoms with Gasteiger partial charge >= 0.3 is 0 Å². The van der Waals surface area contributed by atoms with E-state index in [2.05, 4.69) is 36.5 Å². The van der Waals surface area contributed by atoms with Gasteiger partial charge in [0.2, 0.25) is 0 Å². The summed E-state index contributed by atoms with van der Waals surface area (Å²) in [6, 6.07) is 4.80. The third-order valence-electron chi connectivity index (χ3n) is 2.94. The van der Waals surface area contributed by atoms with Crippen LogP contribution < -0.4 is 10.6 Å². The van der Waals surface area contributed by atoms with Gasteiger partial charge in [-0.3, -0.25) is 0 Å². The molecule has 3 aromatic rings. The Labute approximate surface area is 129 Å². The Morgan fingerprint density at radius 1 is 1.38 bits per heavy atom. The molecule has 0 saturated heterocycles. The summed E-state index contributed by atoms with van der Waals surface area (Å²) in [5.41, 5.74) is 0.968. The van der Waals surface area contributed by atoms with E-state index in [9.17, 15) is 4.39 Å². The highest BCUT2D eigenvalue weighted by Crippen LogP contribution is 2.29. The molecule has 3 rings (SSSR count). The summed E-state index contributed by atoms with van der Waals surface area (Å²) < 4.78 is 16.4. The molecule has 0 radical (unpaired) electrons. The van der Waals surface area contributed by atoms with Crippen molar-refractivity contribution >= 4 is 38.9 Å². The maximum atomic E-state index is 13.9. The SMILES string of the molecule is CCNc1cn2ccnc2c(Nc2c(F)cccc2Br)n1. The van der Waals surface area contributed by atoms with Crippen molar-refractivity contribution in [3.8, 4) is 0 Å². The van der Waals surface area contributed by atoms with Crippen molar-refractivity contribution in [3.05, 3.63) is 47.1 Å². The minimum atomic E-state index is -0.357. The lowest BCUT2D eigenvalue weighted by Crippen LogP contribution is -2.06. The van der Waals surface area contributed by atoms with Crippen LogP contribution in [-0.2, 0) is 0 Å². The first-order valence-corrected chi connectivity index (χ1v) is 7.27. The molecule has 0 bridgehead atoms. The monoisotopic (exact) mass is 349 g/mol. The van der Waals surface area contributed by atoms with Crippen molar-refractivity contribution in [3.63, 3.8) is 0 Å². The number of aromatic nitrogens is 3. The maximum absolute atomic E-state index is 13.9. The van der Waals surface area contributed by atoms with Gasteiger partial charge in [0.25, 0.3) is 0 Å². The molecule has 0 aliphatic carbocycles. The molecule has 0 atom stereocenters. The quantitative estimate of drug-likeness (QED) is 0.751. The smallest absolute Gasteiger partial charge is 0.180 e. The third-order valence-corrected chi connectivity index (χ3v) is 3.60. The Kier molecular flexibility index (Phi) is 3.74. The predicted octanol–water partition coefficient (Wildman–Crippen LogP) is 3.81. The van der Waals surface area contributed by atoms with Crippen molar-refractivity contribution in [1.82, 2.24) is 14.4 Å². The van der Waals surface area contributed by atoms with Gasteiger partial charge in [-0.2, -0.15) is 0 Å². The van der Waals surface area contributed by atoms with E-state index in [1.165, 1.54) is 6.07 Å². The van der Waals surface area contributed by atoms with Crippen LogP contribution in [0.5, 0.6) is 0 Å². The number of fused-ring (bicyclic) bond motifs is 1. The molecular formula is C14H13BrFN5. The van der Waals surface area contributed by atoms with Gasteiger partial charge < -0.3 is 15.0 Å². The van der Waals surface area contributed by atoms with E-state index in [4.69, 9.17) is 0 Å². The number of hydrogen-bond donors (Lipinski definition) is 2. The summed E-state index contributed by atoms with van der Waals surface area (Å²) >= 11 is 3.34. The van der Waals surface area contributed by atoms with Gasteiger partial charge in [0.05, 0.1) is 11.9 Å². The van der Waals surface area contributed by atoms with Crippen molar-refractivity contribution < 1.29 is 4.39 Å². The zero-order chi connectivity index (χ0) is 14.8. The fourth-order valence-corrected chi connectivity index (χ4v) is 2.46. The number of anilines is 3. The Bertz CT molecular complexity index is 766. The molecule has 108 valence electrons. The fourth-order valence-electron chi connectivity index (χ4n) is 2.02. The Hall–Kier alpha value is -2.15. The van der Waals surface area contributed by atoms with Gasteiger partial charge in [-0.1, -0.05) is 6.07 Å². The van der Waals surface area contributed by atoms with Crippen LogP contribution in [0.3, 0.4) is 0 Å². The van der Waals surface area contributed by atoms with E-state index in [-0.39, 0.29) is 5.82 Å². The molecule has 21 heavy (non-hydrogen) atoms. The normalized spacial score (nSPS) is 10.8. The van der Waals surface area contributed by atoms with Gasteiger partial charge in [0.1, 0.15) is 11.6 Å². The Morgan fingerprint density at radius 2 is 2.24 bits per heavy atom. The Balaban J connectivity index is 2.09. The summed E-state index contributed by atoms with van der Waals surface area (Å²) in [6.45, 7) is 2.73. The second-order valence-corrected chi connectivity index (χ2v) is 5.24. The van der Waals surface area contributed by atoms with Gasteiger partial charge in [-0.15, -0.1) is 0 Å². The number of halogens is 2. The Morgan fingerprint density at radius 3 is 3.00 bits per heavy atom. The topological polar surface area (TPSA) is 54.2 Å². The van der Waals surface area contributed by atoms with Gasteiger partial charge in [-0.05, 0) is 35.0 Å². The van der Waals surface area contributed by atoms with E-state index in [1.807, 2.05) is 23.7 Å². The summed E-state index contributed by atoms with van der Waals surface area (Å²) in [4.78, 5) is 8.70. The maximum Gasteiger partial charge on any atom is 0.180 e. The van der Waals surface area contributed by atoms with Gasteiger partial charge in [0.15, 0.2) is 11.5 Å². The lowest BCUT2D eigenvalue weighted by atomic mass is 10.3. The number of hydrogen-bond acceptors (Lipinski definition) is 4. The van der Waals surface area contributed by atoms with Crippen LogP contribution >= 0.6 is 15.9 Å². The number of nitrogens with zero attached hydrogens (tertiary/aromatic N) is 3. The lowest BCUT2D eigenvalue weighted by Gasteiger charge is -2.12. The number of imidazole rings is 1. The third kappa shape index (κ3) is 2.69.